The van der Waals surface area contributed by atoms with Gasteiger partial charge in [0.15, 0.2) is 11.5 Å². The molecule has 0 spiro atoms. The highest BCUT2D eigenvalue weighted by atomic mass is 19.4. The van der Waals surface area contributed by atoms with Gasteiger partial charge in [-0.05, 0) is 12.1 Å². The van der Waals surface area contributed by atoms with Crippen LogP contribution in [0.5, 0.6) is 0 Å². The fourth-order valence-corrected chi connectivity index (χ4v) is 2.13. The number of aromatic nitrogens is 2. The maximum absolute atomic E-state index is 12.5. The Bertz CT molecular complexity index is 450. The van der Waals surface area contributed by atoms with E-state index in [1.54, 1.807) is 0 Å². The second-order valence-corrected chi connectivity index (χ2v) is 5.26. The molecule has 1 aliphatic heterocycles. The molecule has 2 rings (SSSR count). The molecule has 0 radical (unpaired) electrons. The van der Waals surface area contributed by atoms with Gasteiger partial charge in [0.2, 0.25) is 0 Å². The Morgan fingerprint density at radius 1 is 1.38 bits per heavy atom. The summed E-state index contributed by atoms with van der Waals surface area (Å²) in [7, 11) is 0. The molecule has 0 aliphatic carbocycles. The van der Waals surface area contributed by atoms with Crippen LogP contribution in [0.2, 0.25) is 0 Å². The highest BCUT2D eigenvalue weighted by Crippen LogP contribution is 2.28. The topological polar surface area (TPSA) is 50.3 Å². The molecule has 1 N–H and O–H groups in total. The third-order valence-electron chi connectivity index (χ3n) is 3.22. The first-order valence-corrected chi connectivity index (χ1v) is 6.86. The third-order valence-corrected chi connectivity index (χ3v) is 3.22. The Hall–Kier alpha value is -1.41. The molecule has 1 saturated heterocycles. The summed E-state index contributed by atoms with van der Waals surface area (Å²) in [6, 6.07) is 2.69. The molecule has 0 aromatic carbocycles. The third kappa shape index (κ3) is 4.28. The van der Waals surface area contributed by atoms with Crippen LogP contribution >= 0.6 is 0 Å². The normalized spacial score (nSPS) is 20.1. The lowest BCUT2D eigenvalue weighted by Crippen LogP contribution is -2.51. The van der Waals surface area contributed by atoms with Crippen molar-refractivity contribution < 1.29 is 17.9 Å². The monoisotopic (exact) mass is 304 g/mol. The second-order valence-electron chi connectivity index (χ2n) is 5.26. The average Bonchev–Trinajstić information content (AvgIpc) is 2.44. The van der Waals surface area contributed by atoms with Crippen molar-refractivity contribution in [1.29, 1.82) is 0 Å². The van der Waals surface area contributed by atoms with E-state index in [1.807, 2.05) is 18.7 Å². The van der Waals surface area contributed by atoms with E-state index in [4.69, 9.17) is 4.74 Å². The number of nitrogens with one attached hydrogen (secondary N) is 1. The Morgan fingerprint density at radius 3 is 2.71 bits per heavy atom. The van der Waals surface area contributed by atoms with Crippen LogP contribution in [0.25, 0.3) is 0 Å². The van der Waals surface area contributed by atoms with E-state index in [0.29, 0.717) is 38.2 Å². The van der Waals surface area contributed by atoms with Gasteiger partial charge in [0.1, 0.15) is 0 Å². The molecule has 1 unspecified atom stereocenters. The highest BCUT2D eigenvalue weighted by Gasteiger charge is 2.33. The maximum Gasteiger partial charge on any atom is 0.435 e. The smallest absolute Gasteiger partial charge is 0.377 e. The molecular weight excluding hydrogens is 285 g/mol. The molecule has 1 atom stereocenters. The molecule has 1 aliphatic rings. The van der Waals surface area contributed by atoms with Gasteiger partial charge in [-0.25, -0.2) is 0 Å². The molecule has 0 bridgehead atoms. The van der Waals surface area contributed by atoms with E-state index in [-0.39, 0.29) is 6.04 Å². The van der Waals surface area contributed by atoms with E-state index < -0.39 is 11.9 Å². The van der Waals surface area contributed by atoms with Crippen LogP contribution in [-0.4, -0.2) is 48.6 Å². The molecule has 1 aromatic heterocycles. The van der Waals surface area contributed by atoms with Gasteiger partial charge in [0.05, 0.1) is 19.3 Å². The number of nitrogens with zero attached hydrogens (tertiary/aromatic N) is 3. The van der Waals surface area contributed by atoms with E-state index in [1.165, 1.54) is 6.07 Å². The molecule has 8 heteroatoms. The van der Waals surface area contributed by atoms with Crippen molar-refractivity contribution in [2.45, 2.75) is 32.1 Å². The molecule has 1 fully saturated rings. The van der Waals surface area contributed by atoms with Crippen LogP contribution in [0.1, 0.15) is 19.5 Å². The summed E-state index contributed by atoms with van der Waals surface area (Å²) in [4.78, 5) is 1.94. The Kier molecular flexibility index (Phi) is 5.00. The van der Waals surface area contributed by atoms with Crippen molar-refractivity contribution in [3.8, 4) is 0 Å². The first-order valence-electron chi connectivity index (χ1n) is 6.86. The lowest BCUT2D eigenvalue weighted by atomic mass is 10.2. The van der Waals surface area contributed by atoms with E-state index in [2.05, 4.69) is 15.5 Å². The number of halogens is 3. The van der Waals surface area contributed by atoms with Crippen LogP contribution in [0, 0.1) is 0 Å². The van der Waals surface area contributed by atoms with Gasteiger partial charge in [0, 0.05) is 19.1 Å². The summed E-state index contributed by atoms with van der Waals surface area (Å²) in [5, 5.41) is 10.3. The minimum Gasteiger partial charge on any atom is -0.377 e. The van der Waals surface area contributed by atoms with Crippen LogP contribution < -0.4 is 10.2 Å². The number of hydrogen-bond acceptors (Lipinski definition) is 5. The molecule has 2 heterocycles. The van der Waals surface area contributed by atoms with Gasteiger partial charge in [-0.15, -0.1) is 10.2 Å². The minimum atomic E-state index is -4.46. The fraction of sp³-hybridized carbons (Fsp3) is 0.692. The number of morpholine rings is 1. The van der Waals surface area contributed by atoms with E-state index in [9.17, 15) is 13.2 Å². The number of anilines is 1. The van der Waals surface area contributed by atoms with Crippen LogP contribution in [0.3, 0.4) is 0 Å². The van der Waals surface area contributed by atoms with Crippen molar-refractivity contribution in [2.24, 2.45) is 0 Å². The van der Waals surface area contributed by atoms with E-state index in [0.717, 1.165) is 6.07 Å². The summed E-state index contributed by atoms with van der Waals surface area (Å²) < 4.78 is 42.9. The first kappa shape index (κ1) is 16.0. The predicted molar refractivity (Wildman–Crippen MR) is 72.1 cm³/mol. The van der Waals surface area contributed by atoms with Crippen LogP contribution in [-0.2, 0) is 10.9 Å². The molecule has 0 amide bonds. The van der Waals surface area contributed by atoms with Gasteiger partial charge in [0.25, 0.3) is 0 Å². The SMILES string of the molecule is CC(C)NCC1COCCN1c1ccc(C(F)(F)F)nn1. The number of ether oxygens (including phenoxy) is 1. The zero-order valence-corrected chi connectivity index (χ0v) is 12.0. The Balaban J connectivity index is 2.10. The average molecular weight is 304 g/mol. The highest BCUT2D eigenvalue weighted by molar-refractivity contribution is 5.39. The Morgan fingerprint density at radius 2 is 2.14 bits per heavy atom. The first-order chi connectivity index (χ1) is 9.88. The fourth-order valence-electron chi connectivity index (χ4n) is 2.13. The zero-order valence-electron chi connectivity index (χ0n) is 12.0. The summed E-state index contributed by atoms with van der Waals surface area (Å²) in [6.45, 7) is 6.38. The predicted octanol–water partition coefficient (Wildman–Crippen LogP) is 1.70. The molecule has 5 nitrogen and oxygen atoms in total. The lowest BCUT2D eigenvalue weighted by molar-refractivity contribution is -0.141. The van der Waals surface area contributed by atoms with Crippen molar-refractivity contribution >= 4 is 5.82 Å². The van der Waals surface area contributed by atoms with Gasteiger partial charge < -0.3 is 15.0 Å². The van der Waals surface area contributed by atoms with Crippen molar-refractivity contribution in [2.75, 3.05) is 31.2 Å². The van der Waals surface area contributed by atoms with Gasteiger partial charge in [-0.1, -0.05) is 13.8 Å². The number of rotatable bonds is 4. The largest absolute Gasteiger partial charge is 0.435 e. The van der Waals surface area contributed by atoms with Crippen molar-refractivity contribution in [3.63, 3.8) is 0 Å². The standard InChI is InChI=1S/C13H19F3N4O/c1-9(2)17-7-10-8-21-6-5-20(10)12-4-3-11(18-19-12)13(14,15)16/h3-4,9-10,17H,5-8H2,1-2H3. The molecule has 21 heavy (non-hydrogen) atoms. The van der Waals surface area contributed by atoms with Crippen LogP contribution in [0.4, 0.5) is 19.0 Å². The van der Waals surface area contributed by atoms with Crippen molar-refractivity contribution in [1.82, 2.24) is 15.5 Å². The summed E-state index contributed by atoms with van der Waals surface area (Å²) in [5.41, 5.74) is -0.976. The summed E-state index contributed by atoms with van der Waals surface area (Å²) >= 11 is 0. The molecule has 118 valence electrons. The van der Waals surface area contributed by atoms with Crippen LogP contribution in [0.15, 0.2) is 12.1 Å². The lowest BCUT2D eigenvalue weighted by Gasteiger charge is -2.36. The zero-order chi connectivity index (χ0) is 15.5. The van der Waals surface area contributed by atoms with Gasteiger partial charge >= 0.3 is 6.18 Å². The van der Waals surface area contributed by atoms with Crippen molar-refractivity contribution in [3.05, 3.63) is 17.8 Å². The molecular formula is C13H19F3N4O. The Labute approximate surface area is 121 Å². The minimum absolute atomic E-state index is 0.0344. The maximum atomic E-state index is 12.5. The quantitative estimate of drug-likeness (QED) is 0.917. The van der Waals surface area contributed by atoms with Gasteiger partial charge in [-0.3, -0.25) is 0 Å². The molecule has 0 saturated carbocycles. The second kappa shape index (κ2) is 6.57. The molecule has 1 aromatic rings. The van der Waals surface area contributed by atoms with Gasteiger partial charge in [-0.2, -0.15) is 13.2 Å². The van der Waals surface area contributed by atoms with E-state index >= 15 is 0 Å². The summed E-state index contributed by atoms with van der Waals surface area (Å²) in [5.74, 6) is 0.446. The number of alkyl halides is 3. The summed E-state index contributed by atoms with van der Waals surface area (Å²) in [6.07, 6.45) is -4.46. The number of hydrogen-bond donors (Lipinski definition) is 1.